The standard InChI is InChI=1S/C16H23N3O/c1-14(2)12-17-16(20)19-10-8-18(9-11-19)13-15-6-4-3-5-7-15/h3-7,12H,8-11,13H2,1-2H3,(H,17,20). The molecule has 1 N–H and O–H groups in total. The van der Waals surface area contributed by atoms with Gasteiger partial charge in [-0.05, 0) is 19.4 Å². The predicted molar refractivity (Wildman–Crippen MR) is 81.3 cm³/mol. The SMILES string of the molecule is CC(C)=CNC(=O)N1CCN(Cc2ccccc2)CC1. The Morgan fingerprint density at radius 1 is 1.15 bits per heavy atom. The summed E-state index contributed by atoms with van der Waals surface area (Å²) >= 11 is 0. The Morgan fingerprint density at radius 3 is 2.40 bits per heavy atom. The second-order valence-electron chi connectivity index (χ2n) is 5.42. The molecule has 4 heteroatoms. The number of hydrogen-bond donors (Lipinski definition) is 1. The lowest BCUT2D eigenvalue weighted by atomic mass is 10.2. The van der Waals surface area contributed by atoms with Gasteiger partial charge < -0.3 is 10.2 Å². The third-order valence-corrected chi connectivity index (χ3v) is 3.39. The zero-order valence-corrected chi connectivity index (χ0v) is 12.3. The van der Waals surface area contributed by atoms with Crippen LogP contribution >= 0.6 is 0 Å². The van der Waals surface area contributed by atoms with Gasteiger partial charge in [-0.25, -0.2) is 4.79 Å². The Morgan fingerprint density at radius 2 is 1.80 bits per heavy atom. The minimum atomic E-state index is 0.00515. The fraction of sp³-hybridized carbons (Fsp3) is 0.438. The van der Waals surface area contributed by atoms with Gasteiger partial charge in [0.05, 0.1) is 0 Å². The molecule has 1 aliphatic heterocycles. The largest absolute Gasteiger partial charge is 0.322 e. The van der Waals surface area contributed by atoms with E-state index in [1.807, 2.05) is 24.8 Å². The van der Waals surface area contributed by atoms with E-state index in [9.17, 15) is 4.79 Å². The molecule has 4 nitrogen and oxygen atoms in total. The molecule has 1 aliphatic rings. The maximum atomic E-state index is 11.9. The van der Waals surface area contributed by atoms with Gasteiger partial charge in [0.2, 0.25) is 0 Å². The summed E-state index contributed by atoms with van der Waals surface area (Å²) in [5.74, 6) is 0. The second kappa shape index (κ2) is 7.10. The highest BCUT2D eigenvalue weighted by molar-refractivity contribution is 5.75. The lowest BCUT2D eigenvalue weighted by Gasteiger charge is -2.34. The fourth-order valence-corrected chi connectivity index (χ4v) is 2.25. The van der Waals surface area contributed by atoms with E-state index < -0.39 is 0 Å². The Bertz CT molecular complexity index is 458. The van der Waals surface area contributed by atoms with E-state index in [0.29, 0.717) is 0 Å². The summed E-state index contributed by atoms with van der Waals surface area (Å²) in [5.41, 5.74) is 2.43. The molecule has 0 unspecified atom stereocenters. The molecule has 0 aromatic heterocycles. The number of rotatable bonds is 3. The fourth-order valence-electron chi connectivity index (χ4n) is 2.25. The van der Waals surface area contributed by atoms with Crippen LogP contribution in [-0.2, 0) is 6.54 Å². The minimum absolute atomic E-state index is 0.00515. The molecule has 0 saturated carbocycles. The minimum Gasteiger partial charge on any atom is -0.322 e. The van der Waals surface area contributed by atoms with Gasteiger partial charge >= 0.3 is 6.03 Å². The van der Waals surface area contributed by atoms with Crippen LogP contribution < -0.4 is 5.32 Å². The van der Waals surface area contributed by atoms with E-state index in [-0.39, 0.29) is 6.03 Å². The zero-order valence-electron chi connectivity index (χ0n) is 12.3. The zero-order chi connectivity index (χ0) is 14.4. The van der Waals surface area contributed by atoms with Gasteiger partial charge in [-0.1, -0.05) is 35.9 Å². The lowest BCUT2D eigenvalue weighted by Crippen LogP contribution is -2.50. The van der Waals surface area contributed by atoms with E-state index in [1.165, 1.54) is 5.56 Å². The Kier molecular flexibility index (Phi) is 5.18. The number of carbonyl (C=O) groups is 1. The van der Waals surface area contributed by atoms with Crippen LogP contribution in [0.5, 0.6) is 0 Å². The highest BCUT2D eigenvalue weighted by Crippen LogP contribution is 2.08. The Labute approximate surface area is 121 Å². The normalized spacial score (nSPS) is 15.8. The topological polar surface area (TPSA) is 35.6 Å². The molecule has 2 rings (SSSR count). The molecular weight excluding hydrogens is 250 g/mol. The van der Waals surface area contributed by atoms with Crippen molar-refractivity contribution < 1.29 is 4.79 Å². The summed E-state index contributed by atoms with van der Waals surface area (Å²) in [5, 5.41) is 2.82. The first kappa shape index (κ1) is 14.6. The van der Waals surface area contributed by atoms with Crippen LogP contribution in [0.15, 0.2) is 42.1 Å². The van der Waals surface area contributed by atoms with Crippen molar-refractivity contribution in [3.8, 4) is 0 Å². The number of amides is 2. The molecule has 108 valence electrons. The second-order valence-corrected chi connectivity index (χ2v) is 5.42. The summed E-state index contributed by atoms with van der Waals surface area (Å²) in [7, 11) is 0. The number of benzene rings is 1. The van der Waals surface area contributed by atoms with Crippen LogP contribution in [0.25, 0.3) is 0 Å². The van der Waals surface area contributed by atoms with Gasteiger partial charge in [0.15, 0.2) is 0 Å². The summed E-state index contributed by atoms with van der Waals surface area (Å²) in [6, 6.07) is 10.5. The van der Waals surface area contributed by atoms with Crippen molar-refractivity contribution >= 4 is 6.03 Å². The van der Waals surface area contributed by atoms with E-state index in [4.69, 9.17) is 0 Å². The average molecular weight is 273 g/mol. The van der Waals surface area contributed by atoms with Gasteiger partial charge in [-0.3, -0.25) is 4.90 Å². The van der Waals surface area contributed by atoms with E-state index >= 15 is 0 Å². The van der Waals surface area contributed by atoms with Gasteiger partial charge in [0, 0.05) is 38.9 Å². The molecule has 1 aromatic rings. The molecule has 1 aromatic carbocycles. The molecule has 2 amide bonds. The van der Waals surface area contributed by atoms with Crippen molar-refractivity contribution in [1.82, 2.24) is 15.1 Å². The van der Waals surface area contributed by atoms with Crippen LogP contribution in [-0.4, -0.2) is 42.0 Å². The summed E-state index contributed by atoms with van der Waals surface area (Å²) in [4.78, 5) is 16.2. The maximum Gasteiger partial charge on any atom is 0.321 e. The number of urea groups is 1. The molecule has 1 heterocycles. The smallest absolute Gasteiger partial charge is 0.321 e. The summed E-state index contributed by atoms with van der Waals surface area (Å²) in [6.45, 7) is 8.33. The number of allylic oxidation sites excluding steroid dienone is 1. The van der Waals surface area contributed by atoms with Gasteiger partial charge in [0.1, 0.15) is 0 Å². The Hall–Kier alpha value is -1.81. The van der Waals surface area contributed by atoms with Gasteiger partial charge in [-0.15, -0.1) is 0 Å². The monoisotopic (exact) mass is 273 g/mol. The van der Waals surface area contributed by atoms with Crippen LogP contribution in [0.2, 0.25) is 0 Å². The summed E-state index contributed by atoms with van der Waals surface area (Å²) < 4.78 is 0. The molecular formula is C16H23N3O. The molecule has 1 fully saturated rings. The average Bonchev–Trinajstić information content (AvgIpc) is 2.46. The Balaban J connectivity index is 1.78. The highest BCUT2D eigenvalue weighted by Gasteiger charge is 2.20. The molecule has 0 aliphatic carbocycles. The van der Waals surface area contributed by atoms with E-state index in [1.54, 1.807) is 6.20 Å². The van der Waals surface area contributed by atoms with Crippen LogP contribution in [0.3, 0.4) is 0 Å². The molecule has 1 saturated heterocycles. The first-order chi connectivity index (χ1) is 9.65. The molecule has 0 radical (unpaired) electrons. The van der Waals surface area contributed by atoms with Gasteiger partial charge in [-0.2, -0.15) is 0 Å². The first-order valence-electron chi connectivity index (χ1n) is 7.10. The van der Waals surface area contributed by atoms with E-state index in [2.05, 4.69) is 34.5 Å². The molecule has 0 bridgehead atoms. The summed E-state index contributed by atoms with van der Waals surface area (Å²) in [6.07, 6.45) is 1.76. The predicted octanol–water partition coefficient (Wildman–Crippen LogP) is 2.44. The van der Waals surface area contributed by atoms with Gasteiger partial charge in [0.25, 0.3) is 0 Å². The van der Waals surface area contributed by atoms with Crippen LogP contribution in [0, 0.1) is 0 Å². The molecule has 0 atom stereocenters. The highest BCUT2D eigenvalue weighted by atomic mass is 16.2. The van der Waals surface area contributed by atoms with Crippen LogP contribution in [0.4, 0.5) is 4.79 Å². The van der Waals surface area contributed by atoms with Crippen molar-refractivity contribution in [3.63, 3.8) is 0 Å². The first-order valence-corrected chi connectivity index (χ1v) is 7.10. The van der Waals surface area contributed by atoms with Crippen molar-refractivity contribution in [2.75, 3.05) is 26.2 Å². The van der Waals surface area contributed by atoms with Crippen molar-refractivity contribution in [2.24, 2.45) is 0 Å². The third kappa shape index (κ3) is 4.38. The van der Waals surface area contributed by atoms with Crippen molar-refractivity contribution in [3.05, 3.63) is 47.7 Å². The third-order valence-electron chi connectivity index (χ3n) is 3.39. The van der Waals surface area contributed by atoms with Crippen molar-refractivity contribution in [1.29, 1.82) is 0 Å². The number of hydrogen-bond acceptors (Lipinski definition) is 2. The van der Waals surface area contributed by atoms with Crippen LogP contribution in [0.1, 0.15) is 19.4 Å². The number of carbonyl (C=O) groups excluding carboxylic acids is 1. The number of nitrogens with zero attached hydrogens (tertiary/aromatic N) is 2. The van der Waals surface area contributed by atoms with Crippen molar-refractivity contribution in [2.45, 2.75) is 20.4 Å². The number of nitrogens with one attached hydrogen (secondary N) is 1. The quantitative estimate of drug-likeness (QED) is 0.918. The molecule has 0 spiro atoms. The molecule has 20 heavy (non-hydrogen) atoms. The maximum absolute atomic E-state index is 11.9. The number of piperazine rings is 1. The van der Waals surface area contributed by atoms with E-state index in [0.717, 1.165) is 38.3 Å². The lowest BCUT2D eigenvalue weighted by molar-refractivity contribution is 0.137.